The molecule has 0 radical (unpaired) electrons. The van der Waals surface area contributed by atoms with E-state index in [2.05, 4.69) is 174 Å². The van der Waals surface area contributed by atoms with E-state index < -0.39 is 0 Å². The van der Waals surface area contributed by atoms with Crippen LogP contribution < -0.4 is 4.90 Å². The molecule has 2 aliphatic rings. The summed E-state index contributed by atoms with van der Waals surface area (Å²) in [7, 11) is 0. The van der Waals surface area contributed by atoms with Gasteiger partial charge in [-0.15, -0.1) is 0 Å². The highest BCUT2D eigenvalue weighted by Gasteiger charge is 2.36. The van der Waals surface area contributed by atoms with Crippen molar-refractivity contribution in [3.63, 3.8) is 0 Å². The minimum Gasteiger partial charge on any atom is -0.369 e. The maximum Gasteiger partial charge on any atom is 0.261 e. The standard InChI is InChI=1S/C11H11NO2.C11H15N.C11H13N.2C11H15N.2CH4/c1-7(2)12-10(13)8-5-3-4-6-9(8)11(12)14;2*1-9(2)12-8-7-10-5-3-4-6-11(10)12;2*1-9(2)12-10(3)11-7-5-4-6-8-11;;/h3-7H,1-2H3;3-6,9H,7-8H2,1-2H3;3-9H,1-2H3;2*4-9H,1-3H3;2*1H4. The largest absolute Gasteiger partial charge is 0.369 e. The van der Waals surface area contributed by atoms with Crippen molar-refractivity contribution < 1.29 is 9.59 Å². The molecule has 64 heavy (non-hydrogen) atoms. The van der Waals surface area contributed by atoms with Crippen LogP contribution in [-0.2, 0) is 6.42 Å². The quantitative estimate of drug-likeness (QED) is 0.119. The molecule has 8 rings (SSSR count). The maximum absolute atomic E-state index is 11.8. The summed E-state index contributed by atoms with van der Waals surface area (Å²) >= 11 is 0. The Bertz CT molecular complexity index is 2280. The number of carbonyl (C=O) groups excluding carboxylic acids is 2. The molecule has 7 nitrogen and oxygen atoms in total. The Balaban J connectivity index is 0.000000273. The van der Waals surface area contributed by atoms with Crippen LogP contribution in [0.5, 0.6) is 0 Å². The molecule has 0 unspecified atom stereocenters. The lowest BCUT2D eigenvalue weighted by Crippen LogP contribution is -2.35. The molecule has 0 aliphatic carbocycles. The van der Waals surface area contributed by atoms with E-state index in [1.54, 1.807) is 24.3 Å². The molecule has 0 fully saturated rings. The third kappa shape index (κ3) is 15.3. The molecular formula is C57H77N5O2. The fraction of sp³-hybridized carbons (Fsp3) is 0.368. The van der Waals surface area contributed by atoms with Crippen LogP contribution in [0.15, 0.2) is 156 Å². The van der Waals surface area contributed by atoms with E-state index in [-0.39, 0.29) is 32.7 Å². The van der Waals surface area contributed by atoms with E-state index >= 15 is 0 Å². The molecule has 0 saturated carbocycles. The zero-order chi connectivity index (χ0) is 45.3. The van der Waals surface area contributed by atoms with Crippen LogP contribution in [0.2, 0.25) is 0 Å². The lowest BCUT2D eigenvalue weighted by atomic mass is 10.1. The van der Waals surface area contributed by atoms with E-state index in [0.717, 1.165) is 11.4 Å². The first kappa shape index (κ1) is 54.1. The van der Waals surface area contributed by atoms with Gasteiger partial charge in [-0.25, -0.2) is 0 Å². The number of nitrogens with zero attached hydrogens (tertiary/aromatic N) is 5. The van der Waals surface area contributed by atoms with Gasteiger partial charge in [-0.05, 0) is 142 Å². The number of hydrogen-bond acceptors (Lipinski definition) is 5. The second-order valence-electron chi connectivity index (χ2n) is 17.0. The fourth-order valence-electron chi connectivity index (χ4n) is 7.41. The van der Waals surface area contributed by atoms with Gasteiger partial charge in [-0.1, -0.05) is 124 Å². The van der Waals surface area contributed by atoms with Crippen molar-refractivity contribution in [1.29, 1.82) is 0 Å². The number of rotatable bonds is 7. The van der Waals surface area contributed by atoms with Crippen molar-refractivity contribution in [2.24, 2.45) is 9.98 Å². The van der Waals surface area contributed by atoms with E-state index in [0.29, 0.717) is 35.3 Å². The highest BCUT2D eigenvalue weighted by Crippen LogP contribution is 2.29. The van der Waals surface area contributed by atoms with E-state index in [1.165, 1.54) is 51.1 Å². The SMILES string of the molecule is C.C.CC(=NC(C)C)c1ccccc1.CC(=NC(C)C)c1ccccc1.CC(C)N1C(=O)c2ccccc2C1=O.CC(C)N1CCc2ccccc21.CC(C)n1ccc2ccccc21. The first-order chi connectivity index (χ1) is 29.6. The monoisotopic (exact) mass is 864 g/mol. The summed E-state index contributed by atoms with van der Waals surface area (Å²) < 4.78 is 2.29. The van der Waals surface area contributed by atoms with Crippen molar-refractivity contribution in [2.75, 3.05) is 11.4 Å². The minimum absolute atomic E-state index is 0. The van der Waals surface area contributed by atoms with Crippen LogP contribution >= 0.6 is 0 Å². The molecular weight excluding hydrogens is 787 g/mol. The molecule has 0 saturated heterocycles. The fourth-order valence-corrected chi connectivity index (χ4v) is 7.41. The van der Waals surface area contributed by atoms with Crippen molar-refractivity contribution in [1.82, 2.24) is 9.47 Å². The molecule has 5 aromatic carbocycles. The Labute approximate surface area is 387 Å². The minimum atomic E-state index is -0.180. The predicted molar refractivity (Wildman–Crippen MR) is 278 cm³/mol. The van der Waals surface area contributed by atoms with E-state index in [1.807, 2.05) is 50.2 Å². The summed E-state index contributed by atoms with van der Waals surface area (Å²) in [6.07, 6.45) is 3.36. The summed E-state index contributed by atoms with van der Waals surface area (Å²) in [6, 6.07) is 48.7. The summed E-state index contributed by atoms with van der Waals surface area (Å²) in [5.41, 5.74) is 9.97. The number of imide groups is 1. The zero-order valence-electron chi connectivity index (χ0n) is 39.2. The van der Waals surface area contributed by atoms with Crippen molar-refractivity contribution in [2.45, 2.75) is 135 Å². The number of amides is 2. The van der Waals surface area contributed by atoms with Crippen molar-refractivity contribution in [3.8, 4) is 0 Å². The van der Waals surface area contributed by atoms with Crippen LogP contribution in [0, 0.1) is 0 Å². The molecule has 7 heteroatoms. The third-order valence-electron chi connectivity index (χ3n) is 10.4. The maximum atomic E-state index is 11.8. The average molecular weight is 864 g/mol. The van der Waals surface area contributed by atoms with Gasteiger partial charge in [0, 0.05) is 65.6 Å². The summed E-state index contributed by atoms with van der Waals surface area (Å²) in [5.74, 6) is -0.360. The number of fused-ring (bicyclic) bond motifs is 3. The lowest BCUT2D eigenvalue weighted by Gasteiger charge is -2.23. The zero-order valence-corrected chi connectivity index (χ0v) is 39.2. The topological polar surface area (TPSA) is 70.3 Å². The number of carbonyl (C=O) groups is 2. The van der Waals surface area contributed by atoms with E-state index in [4.69, 9.17) is 0 Å². The second-order valence-corrected chi connectivity index (χ2v) is 17.0. The molecule has 1 aromatic heterocycles. The molecule has 6 aromatic rings. The predicted octanol–water partition coefficient (Wildman–Crippen LogP) is 14.5. The summed E-state index contributed by atoms with van der Waals surface area (Å²) in [4.78, 5) is 36.2. The van der Waals surface area contributed by atoms with Gasteiger partial charge in [0.2, 0.25) is 0 Å². The lowest BCUT2D eigenvalue weighted by molar-refractivity contribution is 0.0609. The highest BCUT2D eigenvalue weighted by molar-refractivity contribution is 6.21. The Morgan fingerprint density at radius 3 is 1.39 bits per heavy atom. The number of para-hydroxylation sites is 2. The third-order valence-corrected chi connectivity index (χ3v) is 10.4. The average Bonchev–Trinajstić information content (AvgIpc) is 3.96. The molecule has 2 amide bonds. The van der Waals surface area contributed by atoms with Gasteiger partial charge in [-0.2, -0.15) is 0 Å². The Morgan fingerprint density at radius 2 is 0.938 bits per heavy atom. The van der Waals surface area contributed by atoms with Gasteiger partial charge < -0.3 is 9.47 Å². The number of aliphatic imine (C=N–C) groups is 2. The molecule has 3 heterocycles. The molecule has 342 valence electrons. The smallest absolute Gasteiger partial charge is 0.261 e. The van der Waals surface area contributed by atoms with E-state index in [9.17, 15) is 9.59 Å². The van der Waals surface area contributed by atoms with Crippen LogP contribution in [0.1, 0.15) is 141 Å². The molecule has 0 spiro atoms. The summed E-state index contributed by atoms with van der Waals surface area (Å²) in [5, 5.41) is 1.33. The molecule has 0 bridgehead atoms. The number of aromatic nitrogens is 1. The van der Waals surface area contributed by atoms with Crippen molar-refractivity contribution >= 4 is 39.8 Å². The number of hydrogen-bond donors (Lipinski definition) is 0. The normalized spacial score (nSPS) is 12.9. The van der Waals surface area contributed by atoms with Crippen molar-refractivity contribution in [3.05, 3.63) is 174 Å². The number of anilines is 1. The molecule has 0 atom stereocenters. The Morgan fingerprint density at radius 1 is 0.500 bits per heavy atom. The molecule has 0 N–H and O–H groups in total. The first-order valence-electron chi connectivity index (χ1n) is 22.2. The second kappa shape index (κ2) is 26.5. The Hall–Kier alpha value is -6.08. The molecule has 2 aliphatic heterocycles. The van der Waals surface area contributed by atoms with Crippen LogP contribution in [-0.4, -0.2) is 63.4 Å². The first-order valence-corrected chi connectivity index (χ1v) is 22.2. The van der Waals surface area contributed by atoms with Crippen LogP contribution in [0.25, 0.3) is 10.9 Å². The summed E-state index contributed by atoms with van der Waals surface area (Å²) in [6.45, 7) is 26.2. The van der Waals surface area contributed by atoms with Crippen LogP contribution in [0.4, 0.5) is 5.69 Å². The van der Waals surface area contributed by atoms with Gasteiger partial charge in [0.1, 0.15) is 0 Å². The Kier molecular flexibility index (Phi) is 22.4. The van der Waals surface area contributed by atoms with Gasteiger partial charge in [0.25, 0.3) is 11.8 Å². The van der Waals surface area contributed by atoms with Gasteiger partial charge in [-0.3, -0.25) is 24.5 Å². The van der Waals surface area contributed by atoms with Gasteiger partial charge in [0.05, 0.1) is 11.1 Å². The van der Waals surface area contributed by atoms with Gasteiger partial charge >= 0.3 is 0 Å². The van der Waals surface area contributed by atoms with Crippen LogP contribution in [0.3, 0.4) is 0 Å². The van der Waals surface area contributed by atoms with Gasteiger partial charge in [0.15, 0.2) is 0 Å². The highest BCUT2D eigenvalue weighted by atomic mass is 16.2. The number of benzene rings is 5.